The number of aromatic nitrogens is 30. The minimum Gasteiger partial charge on any atom is -0.324 e. The van der Waals surface area contributed by atoms with Gasteiger partial charge in [0, 0.05) is 163 Å². The van der Waals surface area contributed by atoms with Crippen LogP contribution in [-0.2, 0) is 0 Å². The summed E-state index contributed by atoms with van der Waals surface area (Å²) in [4.78, 5) is 70.8. The summed E-state index contributed by atoms with van der Waals surface area (Å²) in [7, 11) is 0. The van der Waals surface area contributed by atoms with E-state index in [0.717, 1.165) is 114 Å². The Bertz CT molecular complexity index is 6120. The van der Waals surface area contributed by atoms with Gasteiger partial charge in [0.05, 0.1) is 52.8 Å². The van der Waals surface area contributed by atoms with Gasteiger partial charge in [-0.2, -0.15) is 15.1 Å². The molecular formula is C120H170N30. The van der Waals surface area contributed by atoms with Crippen molar-refractivity contribution in [3.63, 3.8) is 0 Å². The fraction of sp³-hybridized carbons (Fsp3) is 0.500. The van der Waals surface area contributed by atoms with Crippen LogP contribution in [0.1, 0.15) is 509 Å². The summed E-state index contributed by atoms with van der Waals surface area (Å²) in [5.41, 5.74) is 25.2. The van der Waals surface area contributed by atoms with Crippen molar-refractivity contribution in [1.82, 2.24) is 145 Å². The summed E-state index contributed by atoms with van der Waals surface area (Å²) in [5.74, 6) is 15.7. The zero-order valence-electron chi connectivity index (χ0n) is 97.3. The second-order valence-corrected chi connectivity index (χ2v) is 45.5. The van der Waals surface area contributed by atoms with E-state index >= 15 is 0 Å². The molecule has 0 unspecified atom stereocenters. The summed E-state index contributed by atoms with van der Waals surface area (Å²) in [5, 5.41) is 17.5. The Hall–Kier alpha value is -13.8. The Morgan fingerprint density at radius 3 is 1.08 bits per heavy atom. The van der Waals surface area contributed by atoms with E-state index in [-0.39, 0.29) is 0 Å². The Balaban J connectivity index is 0.000000158. The van der Waals surface area contributed by atoms with Gasteiger partial charge in [0.25, 0.3) is 11.6 Å². The zero-order valence-corrected chi connectivity index (χ0v) is 97.3. The third-order valence-electron chi connectivity index (χ3n) is 25.7. The molecule has 0 saturated carbocycles. The van der Waals surface area contributed by atoms with Crippen LogP contribution in [0.25, 0.3) is 56.7 Å². The van der Waals surface area contributed by atoms with Crippen LogP contribution < -0.4 is 0 Å². The summed E-state index contributed by atoms with van der Waals surface area (Å²) >= 11 is 0. The van der Waals surface area contributed by atoms with Gasteiger partial charge in [0.1, 0.15) is 18.3 Å². The second-order valence-electron chi connectivity index (χ2n) is 45.5. The second kappa shape index (κ2) is 52.1. The molecule has 20 heterocycles. The van der Waals surface area contributed by atoms with Crippen molar-refractivity contribution in [3.05, 3.63) is 298 Å². The zero-order chi connectivity index (χ0) is 110. The van der Waals surface area contributed by atoms with Gasteiger partial charge >= 0.3 is 0 Å². The van der Waals surface area contributed by atoms with Crippen LogP contribution in [0.3, 0.4) is 0 Å². The predicted molar refractivity (Wildman–Crippen MR) is 612 cm³/mol. The van der Waals surface area contributed by atoms with Crippen LogP contribution in [0.15, 0.2) is 185 Å². The minimum absolute atomic E-state index is 0.342. The number of hydrogen-bond acceptors (Lipinski definition) is 20. The van der Waals surface area contributed by atoms with Gasteiger partial charge in [-0.05, 0) is 171 Å². The molecule has 0 amide bonds. The molecule has 0 aliphatic rings. The van der Waals surface area contributed by atoms with Crippen molar-refractivity contribution in [2.75, 3.05) is 0 Å². The van der Waals surface area contributed by atoms with E-state index in [1.54, 1.807) is 26.1 Å². The first kappa shape index (κ1) is 116. The lowest BCUT2D eigenvalue weighted by atomic mass is 10.0. The standard InChI is InChI=1S/2C14H19N.4C12H17N3.4C11H16N4/c1-10(2)12-5-6-14-7-13(11(3)4)9-15(14)8-12;1-10(2)12-5-6-15-9-13(11(3)4)8-14(15)7-12;1-8(2)10-6-15-7-11(9(3)4)14-12(15)5-13-10;1-8(2)10-5-12-14-11(9(3)4)6-15(12)7-13-10;1-8(2)10-5-13-12-14-11(9(3)4)7-15(12)6-10;1-8(2)10-5-6-15-7-11(9(3)4)14-12(15)13-10;1-7(2)9-6-15-10(5-12-9)13-11(14-15)8(3)4;1-7(2)9-5-10-13-11(8(3)4)14-15(10)6-12-9;1-7(2)9-5-12-11-13-10(8(3)4)14-15(11)6-9;1-7(2)9-5-6-15-11(12-9)13-10(14-15)8(3)4/h2*5-11H,1-4H3;4*5-9H,1-4H3;4*5-8H,1-4H3. The maximum Gasteiger partial charge on any atom is 0.252 e. The van der Waals surface area contributed by atoms with Gasteiger partial charge in [-0.1, -0.05) is 283 Å². The van der Waals surface area contributed by atoms with Crippen molar-refractivity contribution < 1.29 is 0 Å². The molecule has 0 saturated heterocycles. The highest BCUT2D eigenvalue weighted by Crippen LogP contribution is 2.29. The number of nitrogens with zero attached hydrogens (tertiary/aromatic N) is 30. The Morgan fingerprint density at radius 2 is 0.540 bits per heavy atom. The number of fused-ring (bicyclic) bond motifs is 10. The Kier molecular flexibility index (Phi) is 40.4. The molecule has 0 N–H and O–H groups in total. The molecule has 0 bridgehead atoms. The molecule has 0 aromatic carbocycles. The van der Waals surface area contributed by atoms with Crippen molar-refractivity contribution >= 4 is 56.7 Å². The van der Waals surface area contributed by atoms with Crippen LogP contribution in [0.5, 0.6) is 0 Å². The number of hydrogen-bond donors (Lipinski definition) is 0. The predicted octanol–water partition coefficient (Wildman–Crippen LogP) is 29.8. The molecule has 800 valence electrons. The first-order valence-electron chi connectivity index (χ1n) is 54.3. The number of rotatable bonds is 20. The van der Waals surface area contributed by atoms with Crippen molar-refractivity contribution in [2.24, 2.45) is 0 Å². The molecule has 0 radical (unpaired) electrons. The quantitative estimate of drug-likeness (QED) is 0.0684. The van der Waals surface area contributed by atoms with E-state index in [1.807, 2.05) is 79.6 Å². The lowest BCUT2D eigenvalue weighted by Gasteiger charge is -2.05. The van der Waals surface area contributed by atoms with Gasteiger partial charge in [0.2, 0.25) is 11.6 Å². The smallest absolute Gasteiger partial charge is 0.252 e. The molecule has 20 rings (SSSR count). The maximum atomic E-state index is 4.58. The molecule has 20 aromatic heterocycles. The average Bonchev–Trinajstić information content (AvgIpc) is 1.74. The van der Waals surface area contributed by atoms with Gasteiger partial charge < -0.3 is 13.2 Å². The van der Waals surface area contributed by atoms with Crippen LogP contribution >= 0.6 is 0 Å². The van der Waals surface area contributed by atoms with E-state index in [1.165, 1.54) is 44.4 Å². The van der Waals surface area contributed by atoms with Gasteiger partial charge in [0.15, 0.2) is 40.2 Å². The van der Waals surface area contributed by atoms with Crippen molar-refractivity contribution in [2.45, 2.75) is 395 Å². The summed E-state index contributed by atoms with van der Waals surface area (Å²) in [6.07, 6.45) is 40.3. The third-order valence-corrected chi connectivity index (χ3v) is 25.7. The van der Waals surface area contributed by atoms with Crippen LogP contribution in [0, 0.1) is 0 Å². The van der Waals surface area contributed by atoms with Crippen LogP contribution in [0.2, 0.25) is 0 Å². The first-order valence-corrected chi connectivity index (χ1v) is 54.3. The molecule has 150 heavy (non-hydrogen) atoms. The van der Waals surface area contributed by atoms with E-state index < -0.39 is 0 Å². The molecule has 0 aliphatic carbocycles. The summed E-state index contributed by atoms with van der Waals surface area (Å²) in [6, 6.07) is 21.6. The largest absolute Gasteiger partial charge is 0.324 e. The fourth-order valence-electron chi connectivity index (χ4n) is 15.1. The van der Waals surface area contributed by atoms with E-state index in [2.05, 4.69) is 501 Å². The van der Waals surface area contributed by atoms with Crippen molar-refractivity contribution in [3.8, 4) is 0 Å². The molecule has 0 aliphatic heterocycles. The SMILES string of the molecule is CC(C)c1cc2nc(C(C)C)cn2cn1.CC(C)c1cc2nc(C(C)C)nn2cn1.CC(C)c1ccc2cc(C(C)C)cn2c1.CC(C)c1ccn2cc(C(C)C)cc2c1.CC(C)c1ccn2cc(C(C)C)nc2n1.CC(C)c1ccn2nc(C(C)C)nc2n1.CC(C)c1cn2cc(C(C)C)nc2cn1.CC(C)c1cn2nc(C(C)C)nc2cn1.CC(C)c1cnc2nc(C(C)C)cn2c1.CC(C)c1cnc2nc(C(C)C)nn2c1. The number of pyridine rings is 2. The van der Waals surface area contributed by atoms with Crippen LogP contribution in [0.4, 0.5) is 0 Å². The molecule has 0 fully saturated rings. The molecule has 0 spiro atoms. The van der Waals surface area contributed by atoms with Gasteiger partial charge in [-0.3, -0.25) is 23.2 Å². The molecule has 20 aromatic rings. The van der Waals surface area contributed by atoms with E-state index in [4.69, 9.17) is 0 Å². The highest BCUT2D eigenvalue weighted by atomic mass is 15.3. The third kappa shape index (κ3) is 31.2. The van der Waals surface area contributed by atoms with Gasteiger partial charge in [-0.25, -0.2) is 77.9 Å². The molecule has 30 heteroatoms. The summed E-state index contributed by atoms with van der Waals surface area (Å²) < 4.78 is 19.6. The molecule has 30 nitrogen and oxygen atoms in total. The minimum atomic E-state index is 0.342. The van der Waals surface area contributed by atoms with E-state index in [9.17, 15) is 0 Å². The fourth-order valence-corrected chi connectivity index (χ4v) is 15.1. The summed E-state index contributed by atoms with van der Waals surface area (Å²) in [6.45, 7) is 86.0. The first-order chi connectivity index (χ1) is 70.8. The Morgan fingerprint density at radius 1 is 0.167 bits per heavy atom. The van der Waals surface area contributed by atoms with Crippen LogP contribution in [-0.4, -0.2) is 145 Å². The monoisotopic (exact) mass is 2030 g/mol. The average molecular weight is 2030 g/mol. The highest BCUT2D eigenvalue weighted by Gasteiger charge is 2.20. The lowest BCUT2D eigenvalue weighted by Crippen LogP contribution is -1.97. The van der Waals surface area contributed by atoms with Gasteiger partial charge in [-0.15, -0.1) is 15.3 Å². The Labute approximate surface area is 889 Å². The topological polar surface area (TPSA) is 302 Å². The normalized spacial score (nSPS) is 11.9. The molecular weight excluding hydrogens is 1860 g/mol. The van der Waals surface area contributed by atoms with Crippen molar-refractivity contribution in [1.29, 1.82) is 0 Å². The maximum absolute atomic E-state index is 4.58. The molecule has 0 atom stereocenters. The lowest BCUT2D eigenvalue weighted by molar-refractivity contribution is 0.752. The number of imidazole rings is 4. The van der Waals surface area contributed by atoms with E-state index in [0.29, 0.717) is 130 Å². The highest BCUT2D eigenvalue weighted by molar-refractivity contribution is 5.55.